The normalized spacial score (nSPS) is 13.1. The largest absolute Gasteiger partial charge is 0.496 e. The Morgan fingerprint density at radius 3 is 2.25 bits per heavy atom. The summed E-state index contributed by atoms with van der Waals surface area (Å²) in [7, 11) is 2.17. The van der Waals surface area contributed by atoms with Crippen molar-refractivity contribution in [2.45, 2.75) is 24.8 Å². The third-order valence-electron chi connectivity index (χ3n) is 4.91. The topological polar surface area (TPSA) is 35.5 Å². The molecule has 0 spiro atoms. The predicted octanol–water partition coefficient (Wildman–Crippen LogP) is 5.47. The Labute approximate surface area is 169 Å². The molecule has 3 aromatic carbocycles. The number of aryl methyl sites for hydroxylation is 2. The van der Waals surface area contributed by atoms with Gasteiger partial charge >= 0.3 is 0 Å². The van der Waals surface area contributed by atoms with Crippen molar-refractivity contribution in [1.29, 1.82) is 0 Å². The fourth-order valence-electron chi connectivity index (χ4n) is 3.34. The van der Waals surface area contributed by atoms with Crippen molar-refractivity contribution >= 4 is 10.8 Å². The Morgan fingerprint density at radius 2 is 1.61 bits per heavy atom. The van der Waals surface area contributed by atoms with Gasteiger partial charge in [0.05, 0.1) is 29.8 Å². The van der Waals surface area contributed by atoms with Crippen molar-refractivity contribution in [2.24, 2.45) is 0 Å². The summed E-state index contributed by atoms with van der Waals surface area (Å²) in [5.74, 6) is 1.17. The molecule has 0 bridgehead atoms. The zero-order valence-corrected chi connectivity index (χ0v) is 17.6. The number of rotatable bonds is 7. The van der Waals surface area contributed by atoms with Crippen molar-refractivity contribution in [3.63, 3.8) is 0 Å². The number of hydrogen-bond donors (Lipinski definition) is 0. The van der Waals surface area contributed by atoms with Gasteiger partial charge in [-0.15, -0.1) is 0 Å². The molecule has 0 unspecified atom stereocenters. The van der Waals surface area contributed by atoms with Crippen LogP contribution in [0.3, 0.4) is 0 Å². The number of hydrogen-bond acceptors (Lipinski definition) is 3. The monoisotopic (exact) mass is 394 g/mol. The van der Waals surface area contributed by atoms with Gasteiger partial charge in [-0.2, -0.15) is 0 Å². The minimum atomic E-state index is -1.17. The number of ether oxygens (including phenoxy) is 2. The van der Waals surface area contributed by atoms with E-state index >= 15 is 0 Å². The molecule has 0 heterocycles. The van der Waals surface area contributed by atoms with Crippen LogP contribution in [0.1, 0.15) is 22.8 Å². The Balaban J connectivity index is 2.02. The highest BCUT2D eigenvalue weighted by Crippen LogP contribution is 2.39. The molecular formula is C24H26O3S. The molecule has 2 atom stereocenters. The minimum absolute atomic E-state index is 0.313. The molecule has 0 saturated heterocycles. The number of methoxy groups -OCH3 is 2. The van der Waals surface area contributed by atoms with Crippen LogP contribution in [0.4, 0.5) is 0 Å². The van der Waals surface area contributed by atoms with E-state index < -0.39 is 10.8 Å². The smallest absolute Gasteiger partial charge is 0.127 e. The van der Waals surface area contributed by atoms with Crippen molar-refractivity contribution in [3.05, 3.63) is 83.4 Å². The van der Waals surface area contributed by atoms with E-state index in [4.69, 9.17) is 9.47 Å². The van der Waals surface area contributed by atoms with E-state index in [9.17, 15) is 4.21 Å². The summed E-state index contributed by atoms with van der Waals surface area (Å²) < 4.78 is 24.4. The van der Waals surface area contributed by atoms with Crippen LogP contribution >= 0.6 is 0 Å². The van der Waals surface area contributed by atoms with E-state index in [0.29, 0.717) is 5.75 Å². The zero-order chi connectivity index (χ0) is 20.1. The van der Waals surface area contributed by atoms with Crippen LogP contribution in [0.5, 0.6) is 5.75 Å². The number of benzene rings is 3. The average molecular weight is 395 g/mol. The highest BCUT2D eigenvalue weighted by molar-refractivity contribution is 7.85. The Kier molecular flexibility index (Phi) is 6.65. The SMILES string of the molecule is COc1cccc([C@H](C[S@@](=O)c2ccc(C)cc2)OC)c1-c1ccccc1C. The lowest BCUT2D eigenvalue weighted by Gasteiger charge is -2.22. The molecule has 146 valence electrons. The van der Waals surface area contributed by atoms with Gasteiger partial charge in [-0.25, -0.2) is 0 Å². The fourth-order valence-corrected chi connectivity index (χ4v) is 4.56. The summed E-state index contributed by atoms with van der Waals surface area (Å²) in [6, 6.07) is 22.0. The Hall–Kier alpha value is -2.43. The van der Waals surface area contributed by atoms with Crippen LogP contribution < -0.4 is 4.74 Å². The van der Waals surface area contributed by atoms with Crippen LogP contribution in [0.15, 0.2) is 71.6 Å². The van der Waals surface area contributed by atoms with E-state index in [1.54, 1.807) is 14.2 Å². The second kappa shape index (κ2) is 9.18. The van der Waals surface area contributed by atoms with Crippen LogP contribution in [-0.4, -0.2) is 24.2 Å². The highest BCUT2D eigenvalue weighted by atomic mass is 32.2. The van der Waals surface area contributed by atoms with Crippen molar-refractivity contribution in [1.82, 2.24) is 0 Å². The Bertz CT molecular complexity index is 964. The second-order valence-corrected chi connectivity index (χ2v) is 8.28. The van der Waals surface area contributed by atoms with Gasteiger partial charge in [-0.3, -0.25) is 4.21 Å². The van der Waals surface area contributed by atoms with E-state index in [2.05, 4.69) is 19.1 Å². The summed E-state index contributed by atoms with van der Waals surface area (Å²) in [5, 5.41) is 0. The molecule has 0 amide bonds. The molecule has 4 heteroatoms. The summed E-state index contributed by atoms with van der Waals surface area (Å²) in [5.41, 5.74) is 5.38. The average Bonchev–Trinajstić information content (AvgIpc) is 2.72. The zero-order valence-electron chi connectivity index (χ0n) is 16.8. The van der Waals surface area contributed by atoms with Gasteiger partial charge in [0.15, 0.2) is 0 Å². The molecule has 0 aliphatic rings. The quantitative estimate of drug-likeness (QED) is 0.533. The van der Waals surface area contributed by atoms with Crippen LogP contribution in [0.2, 0.25) is 0 Å². The molecule has 0 N–H and O–H groups in total. The molecule has 3 nitrogen and oxygen atoms in total. The van der Waals surface area contributed by atoms with E-state index in [-0.39, 0.29) is 6.10 Å². The fraction of sp³-hybridized carbons (Fsp3) is 0.250. The van der Waals surface area contributed by atoms with Gasteiger partial charge in [-0.05, 0) is 48.7 Å². The lowest BCUT2D eigenvalue weighted by molar-refractivity contribution is 0.123. The third-order valence-corrected chi connectivity index (χ3v) is 6.31. The maximum absolute atomic E-state index is 13.0. The molecule has 0 radical (unpaired) electrons. The molecule has 0 fully saturated rings. The first-order valence-electron chi connectivity index (χ1n) is 9.26. The second-order valence-electron chi connectivity index (χ2n) is 6.79. The first-order chi connectivity index (χ1) is 13.5. The summed E-state index contributed by atoms with van der Waals surface area (Å²) in [4.78, 5) is 0.813. The standard InChI is InChI=1S/C24H26O3S/c1-17-12-14-19(15-13-17)28(25)16-23(27-4)21-10-7-11-22(26-3)24(21)20-9-6-5-8-18(20)2/h5-15,23H,16H2,1-4H3/t23-,28+/m0/s1. The maximum Gasteiger partial charge on any atom is 0.127 e. The summed E-state index contributed by atoms with van der Waals surface area (Å²) in [6.07, 6.45) is -0.313. The van der Waals surface area contributed by atoms with E-state index in [0.717, 1.165) is 38.5 Å². The lowest BCUT2D eigenvalue weighted by atomic mass is 9.93. The molecule has 3 aromatic rings. The third kappa shape index (κ3) is 4.34. The van der Waals surface area contributed by atoms with Crippen molar-refractivity contribution in [2.75, 3.05) is 20.0 Å². The first-order valence-corrected chi connectivity index (χ1v) is 10.6. The molecule has 3 rings (SSSR count). The molecule has 0 aliphatic heterocycles. The summed E-state index contributed by atoms with van der Waals surface area (Å²) >= 11 is 0. The van der Waals surface area contributed by atoms with Crippen LogP contribution in [-0.2, 0) is 15.5 Å². The lowest BCUT2D eigenvalue weighted by Crippen LogP contribution is -2.13. The van der Waals surface area contributed by atoms with Crippen LogP contribution in [0, 0.1) is 13.8 Å². The maximum atomic E-state index is 13.0. The van der Waals surface area contributed by atoms with Gasteiger partial charge in [-0.1, -0.05) is 54.1 Å². The van der Waals surface area contributed by atoms with E-state index in [1.165, 1.54) is 0 Å². The highest BCUT2D eigenvalue weighted by Gasteiger charge is 2.22. The molecule has 0 aromatic heterocycles. The minimum Gasteiger partial charge on any atom is -0.496 e. The molecular weight excluding hydrogens is 368 g/mol. The van der Waals surface area contributed by atoms with Gasteiger partial charge < -0.3 is 9.47 Å². The Morgan fingerprint density at radius 1 is 0.893 bits per heavy atom. The van der Waals surface area contributed by atoms with Crippen LogP contribution in [0.25, 0.3) is 11.1 Å². The molecule has 0 aliphatic carbocycles. The first kappa shape index (κ1) is 20.3. The van der Waals surface area contributed by atoms with Crippen molar-refractivity contribution in [3.8, 4) is 16.9 Å². The van der Waals surface area contributed by atoms with Gasteiger partial charge in [0.2, 0.25) is 0 Å². The molecule has 28 heavy (non-hydrogen) atoms. The predicted molar refractivity (Wildman–Crippen MR) is 115 cm³/mol. The summed E-state index contributed by atoms with van der Waals surface area (Å²) in [6.45, 7) is 4.10. The van der Waals surface area contributed by atoms with Gasteiger partial charge in [0, 0.05) is 17.6 Å². The molecule has 0 saturated carbocycles. The van der Waals surface area contributed by atoms with Crippen molar-refractivity contribution < 1.29 is 13.7 Å². The van der Waals surface area contributed by atoms with Gasteiger partial charge in [0.1, 0.15) is 5.75 Å². The van der Waals surface area contributed by atoms with Gasteiger partial charge in [0.25, 0.3) is 0 Å². The van der Waals surface area contributed by atoms with E-state index in [1.807, 2.05) is 61.5 Å².